The van der Waals surface area contributed by atoms with Crippen molar-refractivity contribution in [2.45, 2.75) is 90.5 Å². The van der Waals surface area contributed by atoms with Gasteiger partial charge in [0, 0.05) is 91.6 Å². The van der Waals surface area contributed by atoms with Crippen molar-refractivity contribution in [1.29, 1.82) is 0 Å². The van der Waals surface area contributed by atoms with Crippen LogP contribution in [-0.4, -0.2) is 242 Å². The average Bonchev–Trinajstić information content (AvgIpc) is 3.95. The molecule has 6 heterocycles. The molecule has 0 aromatic heterocycles. The fourth-order valence-corrected chi connectivity index (χ4v) is 11.6. The van der Waals surface area contributed by atoms with E-state index < -0.39 is 22.8 Å². The van der Waals surface area contributed by atoms with E-state index in [1.165, 1.54) is 11.1 Å². The molecule has 420 valence electrons. The quantitative estimate of drug-likeness (QED) is 0.111. The molecule has 20 heteroatoms. The fourth-order valence-electron chi connectivity index (χ4n) is 11.6. The molecule has 6 aliphatic heterocycles. The molecule has 0 spiro atoms. The van der Waals surface area contributed by atoms with Gasteiger partial charge in [0.25, 0.3) is 0 Å². The van der Waals surface area contributed by atoms with E-state index in [0.29, 0.717) is 84.9 Å². The van der Waals surface area contributed by atoms with Gasteiger partial charge >= 0.3 is 36.1 Å². The van der Waals surface area contributed by atoms with E-state index >= 15 is 0 Å². The molecule has 6 saturated heterocycles. The molecule has 6 fully saturated rings. The van der Waals surface area contributed by atoms with Crippen LogP contribution in [0.2, 0.25) is 0 Å². The van der Waals surface area contributed by atoms with Crippen LogP contribution in [-0.2, 0) is 51.2 Å². The van der Waals surface area contributed by atoms with Gasteiger partial charge in [0.15, 0.2) is 0 Å². The predicted octanol–water partition coefficient (Wildman–Crippen LogP) is 4.27. The monoisotopic (exact) mass is 1060 g/mol. The largest absolute Gasteiger partial charge is 0.481 e. The van der Waals surface area contributed by atoms with Crippen LogP contribution in [0.15, 0.2) is 60.7 Å². The molecule has 2 N–H and O–H groups in total. The summed E-state index contributed by atoms with van der Waals surface area (Å²) in [5.74, 6) is -2.81. The number of carbonyl (C=O) groups is 6. The van der Waals surface area contributed by atoms with Crippen LogP contribution in [0.3, 0.4) is 0 Å². The number of rotatable bonds is 24. The number of piperidine rings is 2. The van der Waals surface area contributed by atoms with Crippen LogP contribution in [0, 0.1) is 10.8 Å². The van der Waals surface area contributed by atoms with Crippen molar-refractivity contribution in [2.75, 3.05) is 144 Å². The molecule has 20 nitrogen and oxygen atoms in total. The van der Waals surface area contributed by atoms with E-state index in [0.717, 1.165) is 91.4 Å². The number of hydrogen-bond donors (Lipinski definition) is 2. The Labute approximate surface area is 449 Å². The summed E-state index contributed by atoms with van der Waals surface area (Å²) in [7, 11) is 0. The van der Waals surface area contributed by atoms with Crippen LogP contribution < -0.4 is 0 Å². The molecule has 2 atom stereocenters. The topological polar surface area (TPSA) is 206 Å². The normalized spacial score (nSPS) is 22.8. The lowest BCUT2D eigenvalue weighted by atomic mass is 9.75. The molecular weight excluding hydrogens is 977 g/mol. The molecule has 0 bridgehead atoms. The van der Waals surface area contributed by atoms with Crippen LogP contribution in [0.4, 0.5) is 9.59 Å². The van der Waals surface area contributed by atoms with Crippen molar-refractivity contribution in [3.63, 3.8) is 0 Å². The van der Waals surface area contributed by atoms with Crippen LogP contribution in [0.25, 0.3) is 0 Å². The number of esters is 2. The van der Waals surface area contributed by atoms with Gasteiger partial charge in [-0.3, -0.25) is 38.8 Å². The second kappa shape index (κ2) is 28.8. The number of nitrogens with zero attached hydrogens (tertiary/aromatic N) is 8. The van der Waals surface area contributed by atoms with Crippen LogP contribution in [0.5, 0.6) is 0 Å². The number of amides is 2. The number of aliphatic carboxylic acids is 2. The Bertz CT molecular complexity index is 2160. The van der Waals surface area contributed by atoms with E-state index in [9.17, 15) is 33.9 Å². The average molecular weight is 1060 g/mol. The summed E-state index contributed by atoms with van der Waals surface area (Å²) >= 11 is 0. The van der Waals surface area contributed by atoms with Gasteiger partial charge in [-0.2, -0.15) is 0 Å². The Kier molecular flexibility index (Phi) is 22.1. The minimum atomic E-state index is -1.20. The predicted molar refractivity (Wildman–Crippen MR) is 283 cm³/mol. The van der Waals surface area contributed by atoms with Gasteiger partial charge in [-0.15, -0.1) is 0 Å². The lowest BCUT2D eigenvalue weighted by Gasteiger charge is -2.39. The molecule has 76 heavy (non-hydrogen) atoms. The number of piperazine rings is 2. The smallest absolute Gasteiger partial charge is 0.410 e. The molecule has 6 aliphatic rings. The van der Waals surface area contributed by atoms with Gasteiger partial charge in [-0.1, -0.05) is 60.7 Å². The highest BCUT2D eigenvalue weighted by atomic mass is 16.6. The summed E-state index contributed by atoms with van der Waals surface area (Å²) < 4.78 is 21.7. The number of carbonyl (C=O) groups excluding carboxylic acids is 4. The summed E-state index contributed by atoms with van der Waals surface area (Å²) in [6, 6.07) is 21.2. The maximum absolute atomic E-state index is 12.8. The molecule has 0 radical (unpaired) electrons. The Morgan fingerprint density at radius 2 is 0.934 bits per heavy atom. The third-order valence-electron chi connectivity index (χ3n) is 16.1. The van der Waals surface area contributed by atoms with E-state index in [-0.39, 0.29) is 68.6 Å². The second-order valence-electron chi connectivity index (χ2n) is 21.6. The first-order valence-corrected chi connectivity index (χ1v) is 27.8. The van der Waals surface area contributed by atoms with Crippen LogP contribution >= 0.6 is 0 Å². The van der Waals surface area contributed by atoms with E-state index in [1.54, 1.807) is 18.7 Å². The summed E-state index contributed by atoms with van der Waals surface area (Å²) in [6.07, 6.45) is 2.20. The summed E-state index contributed by atoms with van der Waals surface area (Å²) in [5.41, 5.74) is 0.662. The molecule has 2 aromatic carbocycles. The molecule has 0 aliphatic carbocycles. The first-order valence-electron chi connectivity index (χ1n) is 27.8. The maximum atomic E-state index is 12.8. The second-order valence-corrected chi connectivity index (χ2v) is 21.6. The van der Waals surface area contributed by atoms with Crippen molar-refractivity contribution >= 4 is 36.1 Å². The lowest BCUT2D eigenvalue weighted by molar-refractivity contribution is -0.165. The molecule has 2 amide bonds. The first-order chi connectivity index (χ1) is 36.7. The molecular formula is C56H84N8O12. The highest BCUT2D eigenvalue weighted by molar-refractivity contribution is 5.84. The standard InChI is InChI=1S/C30H46N4O6.C26H38N4O6/c1-3-38-27(35)21-30(28(36)39-4-2)11-15-32(16-12-30)23-26-24-34(29(37)40-26)14-8-13-31-17-19-33(20-18-31)22-25-9-6-5-7-10-25;31-23(32)17-26(24(33)34)7-11-28(12-8-26)19-22-20-30(25(35)36-22)10-4-9-27-13-15-29(16-14-27)18-21-5-2-1-3-6-21/h5-7,9-10,26H,3-4,8,11-24H2,1-2H3;1-3,5-6,22H,4,7-20H2,(H,31,32)(H,33,34). The van der Waals surface area contributed by atoms with Gasteiger partial charge in [0.2, 0.25) is 0 Å². The van der Waals surface area contributed by atoms with E-state index in [2.05, 4.69) is 84.0 Å². The van der Waals surface area contributed by atoms with Crippen molar-refractivity contribution in [2.24, 2.45) is 10.8 Å². The zero-order valence-corrected chi connectivity index (χ0v) is 45.1. The Hall–Kier alpha value is -5.38. The number of likely N-dealkylation sites (tertiary alicyclic amines) is 2. The Morgan fingerprint density at radius 3 is 1.33 bits per heavy atom. The number of hydrogen-bond acceptors (Lipinski definition) is 16. The SMILES string of the molecule is CCOC(=O)CC1(C(=O)OCC)CCN(CC2CN(CCCN3CCN(Cc4ccccc4)CC3)C(=O)O2)CC1.O=C(O)CC1(C(=O)O)CCN(CC2CN(CCCN3CCN(Cc4ccccc4)CC3)C(=O)O2)CC1. The summed E-state index contributed by atoms with van der Waals surface area (Å²) in [6.45, 7) is 22.4. The Balaban J connectivity index is 0.000000222. The maximum Gasteiger partial charge on any atom is 0.410 e. The minimum absolute atomic E-state index is 0.0434. The lowest BCUT2D eigenvalue weighted by Crippen LogP contribution is -2.48. The van der Waals surface area contributed by atoms with Crippen molar-refractivity contribution in [3.8, 4) is 0 Å². The first kappa shape index (κ1) is 58.3. The zero-order chi connectivity index (χ0) is 53.9. The molecule has 0 saturated carbocycles. The highest BCUT2D eigenvalue weighted by Crippen LogP contribution is 2.38. The van der Waals surface area contributed by atoms with Gasteiger partial charge in [0.05, 0.1) is 50.0 Å². The molecule has 2 unspecified atom stereocenters. The number of benzene rings is 2. The van der Waals surface area contributed by atoms with Gasteiger partial charge in [-0.05, 0) is 103 Å². The van der Waals surface area contributed by atoms with Crippen molar-refractivity contribution in [3.05, 3.63) is 71.8 Å². The highest BCUT2D eigenvalue weighted by Gasteiger charge is 2.47. The summed E-state index contributed by atoms with van der Waals surface area (Å²) in [5, 5.41) is 18.7. The third kappa shape index (κ3) is 17.3. The minimum Gasteiger partial charge on any atom is -0.481 e. The number of carboxylic acids is 2. The van der Waals surface area contributed by atoms with E-state index in [4.69, 9.17) is 24.1 Å². The van der Waals surface area contributed by atoms with Gasteiger partial charge in [0.1, 0.15) is 12.2 Å². The van der Waals surface area contributed by atoms with Gasteiger partial charge in [-0.25, -0.2) is 9.59 Å². The fraction of sp³-hybridized carbons (Fsp3) is 0.679. The van der Waals surface area contributed by atoms with Crippen molar-refractivity contribution < 1.29 is 57.9 Å². The van der Waals surface area contributed by atoms with Crippen molar-refractivity contribution in [1.82, 2.24) is 39.2 Å². The van der Waals surface area contributed by atoms with Crippen LogP contribution in [0.1, 0.15) is 76.3 Å². The molecule has 2 aromatic rings. The molecule has 8 rings (SSSR count). The Morgan fingerprint density at radius 1 is 0.526 bits per heavy atom. The van der Waals surface area contributed by atoms with E-state index in [1.807, 2.05) is 11.0 Å². The summed E-state index contributed by atoms with van der Waals surface area (Å²) in [4.78, 5) is 90.5. The van der Waals surface area contributed by atoms with Gasteiger partial charge < -0.3 is 48.8 Å². The number of cyclic esters (lactones) is 2. The number of ether oxygens (including phenoxy) is 4. The zero-order valence-electron chi connectivity index (χ0n) is 45.1. The number of carboxylic acid groups (broad SMARTS) is 2. The third-order valence-corrected chi connectivity index (χ3v) is 16.1.